The van der Waals surface area contributed by atoms with Gasteiger partial charge in [-0.25, -0.2) is 4.98 Å². The van der Waals surface area contributed by atoms with Gasteiger partial charge in [-0.15, -0.1) is 50.9 Å². The molecule has 0 bridgehead atoms. The lowest BCUT2D eigenvalue weighted by Gasteiger charge is -2.16. The smallest absolute Gasteiger partial charge is 0.0959 e. The highest BCUT2D eigenvalue weighted by atomic mass is 79.9. The van der Waals surface area contributed by atoms with E-state index >= 15 is 0 Å². The molecule has 7 heteroatoms. The highest BCUT2D eigenvalue weighted by molar-refractivity contribution is 8.93. The first kappa shape index (κ1) is 15.7. The molecule has 90 valence electrons. The quantitative estimate of drug-likeness (QED) is 0.649. The summed E-state index contributed by atoms with van der Waals surface area (Å²) in [4.78, 5) is 4.29. The van der Waals surface area contributed by atoms with E-state index in [4.69, 9.17) is 5.73 Å². The number of aromatic nitrogens is 2. The molecular weight excluding hydrogens is 404 g/mol. The van der Waals surface area contributed by atoms with Crippen molar-refractivity contribution in [2.45, 2.75) is 6.54 Å². The Morgan fingerprint density at radius 2 is 2.00 bits per heavy atom. The Balaban J connectivity index is 0.000000750. The fourth-order valence-corrected chi connectivity index (χ4v) is 1.85. The highest BCUT2D eigenvalue weighted by Gasteiger charge is 2.12. The molecule has 1 aliphatic rings. The molecule has 0 saturated carbocycles. The van der Waals surface area contributed by atoms with Crippen LogP contribution < -0.4 is 11.1 Å². The average Bonchev–Trinajstić information content (AvgIpc) is 2.50. The van der Waals surface area contributed by atoms with E-state index in [9.17, 15) is 0 Å². The van der Waals surface area contributed by atoms with Gasteiger partial charge < -0.3 is 15.6 Å². The van der Waals surface area contributed by atoms with Gasteiger partial charge in [-0.3, -0.25) is 0 Å². The van der Waals surface area contributed by atoms with Gasteiger partial charge >= 0.3 is 0 Å². The number of hydrogen-bond acceptors (Lipinski definition) is 3. The third-order valence-electron chi connectivity index (χ3n) is 2.40. The predicted molar refractivity (Wildman–Crippen MR) is 83.6 cm³/mol. The molecule has 0 saturated heterocycles. The average molecular weight is 417 g/mol. The zero-order chi connectivity index (χ0) is 8.84. The maximum atomic E-state index is 5.74. The summed E-state index contributed by atoms with van der Waals surface area (Å²) < 4.78 is 2.15. The Hall–Kier alpha value is -0.270. The lowest BCUT2D eigenvalue weighted by Crippen LogP contribution is -2.15. The molecule has 0 atom stereocenters. The van der Waals surface area contributed by atoms with Gasteiger partial charge in [0.2, 0.25) is 0 Å². The minimum Gasteiger partial charge on any atom is -0.399 e. The summed E-state index contributed by atoms with van der Waals surface area (Å²) >= 11 is 0. The summed E-state index contributed by atoms with van der Waals surface area (Å²) in [6.07, 6.45) is 1.87. The standard InChI is InChI=1S/C9H10N4.3BrH/c10-6-3-7-9-8(4-6)12-5-13(9)2-1-11-7;;;/h3-5,11H,1-2,10H2;3*1H. The van der Waals surface area contributed by atoms with E-state index in [0.29, 0.717) is 0 Å². The van der Waals surface area contributed by atoms with E-state index in [1.54, 1.807) is 0 Å². The lowest BCUT2D eigenvalue weighted by atomic mass is 10.2. The Morgan fingerprint density at radius 3 is 2.75 bits per heavy atom. The van der Waals surface area contributed by atoms with Crippen LogP contribution in [0.15, 0.2) is 18.5 Å². The summed E-state index contributed by atoms with van der Waals surface area (Å²) in [5.74, 6) is 0. The van der Waals surface area contributed by atoms with Gasteiger partial charge in [-0.1, -0.05) is 0 Å². The Labute approximate surface area is 125 Å². The third kappa shape index (κ3) is 2.36. The molecule has 0 spiro atoms. The molecule has 1 aromatic carbocycles. The number of nitrogen functional groups attached to an aromatic ring is 1. The molecule has 4 nitrogen and oxygen atoms in total. The zero-order valence-corrected chi connectivity index (χ0v) is 13.5. The number of nitrogens with zero attached hydrogens (tertiary/aromatic N) is 2. The molecule has 0 unspecified atom stereocenters. The molecule has 3 N–H and O–H groups in total. The van der Waals surface area contributed by atoms with E-state index in [-0.39, 0.29) is 50.9 Å². The zero-order valence-electron chi connectivity index (χ0n) is 8.34. The van der Waals surface area contributed by atoms with E-state index < -0.39 is 0 Å². The molecule has 3 rings (SSSR count). The summed E-state index contributed by atoms with van der Waals surface area (Å²) in [6.45, 7) is 1.93. The number of halogens is 3. The van der Waals surface area contributed by atoms with Gasteiger partial charge in [0.05, 0.1) is 23.0 Å². The third-order valence-corrected chi connectivity index (χ3v) is 2.40. The van der Waals surface area contributed by atoms with Crippen LogP contribution in [0.2, 0.25) is 0 Å². The SMILES string of the molecule is Br.Br.Br.Nc1cc2c3c(c1)ncn3CCN2. The van der Waals surface area contributed by atoms with Crippen LogP contribution in [0.25, 0.3) is 11.0 Å². The van der Waals surface area contributed by atoms with Crippen molar-refractivity contribution < 1.29 is 0 Å². The molecule has 16 heavy (non-hydrogen) atoms. The van der Waals surface area contributed by atoms with Gasteiger partial charge in [0.25, 0.3) is 0 Å². The molecular formula is C9H13Br3N4. The topological polar surface area (TPSA) is 55.9 Å². The van der Waals surface area contributed by atoms with Crippen molar-refractivity contribution >= 4 is 73.4 Å². The molecule has 0 radical (unpaired) electrons. The fraction of sp³-hybridized carbons (Fsp3) is 0.222. The minimum absolute atomic E-state index is 0. The normalized spacial score (nSPS) is 11.8. The van der Waals surface area contributed by atoms with Crippen LogP contribution in [0.3, 0.4) is 0 Å². The second-order valence-corrected chi connectivity index (χ2v) is 3.30. The molecule has 2 aromatic rings. The summed E-state index contributed by atoms with van der Waals surface area (Å²) in [7, 11) is 0. The number of hydrogen-bond donors (Lipinski definition) is 2. The van der Waals surface area contributed by atoms with Crippen LogP contribution in [0.1, 0.15) is 0 Å². The maximum absolute atomic E-state index is 5.74. The van der Waals surface area contributed by atoms with Gasteiger partial charge in [0.1, 0.15) is 0 Å². The van der Waals surface area contributed by atoms with E-state index in [0.717, 1.165) is 30.0 Å². The largest absolute Gasteiger partial charge is 0.399 e. The van der Waals surface area contributed by atoms with E-state index in [2.05, 4.69) is 14.9 Å². The Kier molecular flexibility index (Phi) is 5.78. The van der Waals surface area contributed by atoms with Gasteiger partial charge in [0.15, 0.2) is 0 Å². The van der Waals surface area contributed by atoms with Crippen LogP contribution in [0.4, 0.5) is 11.4 Å². The number of rotatable bonds is 0. The van der Waals surface area contributed by atoms with Crippen molar-refractivity contribution in [2.75, 3.05) is 17.6 Å². The summed E-state index contributed by atoms with van der Waals surface area (Å²) in [5, 5.41) is 3.31. The first-order valence-corrected chi connectivity index (χ1v) is 4.33. The lowest BCUT2D eigenvalue weighted by molar-refractivity contribution is 0.734. The van der Waals surface area contributed by atoms with Gasteiger partial charge in [0, 0.05) is 18.8 Å². The van der Waals surface area contributed by atoms with E-state index in [1.807, 2.05) is 18.5 Å². The number of nitrogens with one attached hydrogen (secondary N) is 1. The Bertz CT molecular complexity index is 483. The van der Waals surface area contributed by atoms with Crippen molar-refractivity contribution in [2.24, 2.45) is 0 Å². The fourth-order valence-electron chi connectivity index (χ4n) is 1.85. The van der Waals surface area contributed by atoms with Crippen molar-refractivity contribution in [3.8, 4) is 0 Å². The first-order valence-electron chi connectivity index (χ1n) is 4.33. The maximum Gasteiger partial charge on any atom is 0.0959 e. The molecule has 2 heterocycles. The van der Waals surface area contributed by atoms with Crippen molar-refractivity contribution in [3.05, 3.63) is 18.5 Å². The summed E-state index contributed by atoms with van der Waals surface area (Å²) in [6, 6.07) is 3.86. The second-order valence-electron chi connectivity index (χ2n) is 3.30. The first-order chi connectivity index (χ1) is 6.34. The van der Waals surface area contributed by atoms with Crippen LogP contribution >= 0.6 is 50.9 Å². The number of imidazole rings is 1. The van der Waals surface area contributed by atoms with Crippen LogP contribution in [-0.4, -0.2) is 16.1 Å². The predicted octanol–water partition coefficient (Wildman–Crippen LogP) is 2.78. The van der Waals surface area contributed by atoms with Crippen LogP contribution in [0, 0.1) is 0 Å². The molecule has 0 aliphatic carbocycles. The number of nitrogens with two attached hydrogens (primary N) is 1. The molecule has 1 aliphatic heterocycles. The van der Waals surface area contributed by atoms with E-state index in [1.165, 1.54) is 5.52 Å². The second kappa shape index (κ2) is 5.88. The minimum atomic E-state index is 0. The van der Waals surface area contributed by atoms with Crippen molar-refractivity contribution in [1.29, 1.82) is 0 Å². The van der Waals surface area contributed by atoms with Crippen LogP contribution in [-0.2, 0) is 6.54 Å². The van der Waals surface area contributed by atoms with Crippen molar-refractivity contribution in [1.82, 2.24) is 9.55 Å². The molecule has 1 aromatic heterocycles. The van der Waals surface area contributed by atoms with Gasteiger partial charge in [-0.05, 0) is 12.1 Å². The van der Waals surface area contributed by atoms with Gasteiger partial charge in [-0.2, -0.15) is 0 Å². The summed E-state index contributed by atoms with van der Waals surface area (Å²) in [5.41, 5.74) is 9.75. The van der Waals surface area contributed by atoms with Crippen molar-refractivity contribution in [3.63, 3.8) is 0 Å². The Morgan fingerprint density at radius 1 is 1.25 bits per heavy atom. The molecule has 0 amide bonds. The number of anilines is 2. The van der Waals surface area contributed by atoms with Crippen LogP contribution in [0.5, 0.6) is 0 Å². The molecule has 0 fully saturated rings. The highest BCUT2D eigenvalue weighted by Crippen LogP contribution is 2.28. The monoisotopic (exact) mass is 414 g/mol. The number of benzene rings is 1.